The highest BCUT2D eigenvalue weighted by molar-refractivity contribution is 5.76. The first-order valence-corrected chi connectivity index (χ1v) is 6.25. The average molecular weight is 267 g/mol. The lowest BCUT2D eigenvalue weighted by atomic mass is 10.1. The minimum absolute atomic E-state index is 0.0841. The molecular weight excluding hydrogens is 249 g/mol. The number of nitrogens with one attached hydrogen (secondary N) is 1. The van der Waals surface area contributed by atoms with Crippen LogP contribution in [0.15, 0.2) is 24.3 Å². The van der Waals surface area contributed by atoms with Crippen LogP contribution in [-0.4, -0.2) is 17.0 Å². The van der Waals surface area contributed by atoms with E-state index >= 15 is 0 Å². The summed E-state index contributed by atoms with van der Waals surface area (Å²) in [7, 11) is 0. The van der Waals surface area contributed by atoms with Gasteiger partial charge in [-0.1, -0.05) is 12.1 Å². The first-order chi connectivity index (χ1) is 8.99. The van der Waals surface area contributed by atoms with E-state index in [2.05, 4.69) is 5.32 Å². The summed E-state index contributed by atoms with van der Waals surface area (Å²) >= 11 is 0. The zero-order valence-corrected chi connectivity index (χ0v) is 10.9. The van der Waals surface area contributed by atoms with Crippen LogP contribution in [0.3, 0.4) is 0 Å². The van der Waals surface area contributed by atoms with E-state index in [1.54, 1.807) is 12.1 Å². The Bertz CT molecular complexity index is 431. The molecule has 0 heterocycles. The van der Waals surface area contributed by atoms with Gasteiger partial charge in [-0.2, -0.15) is 0 Å². The Labute approximate surface area is 111 Å². The van der Waals surface area contributed by atoms with E-state index in [0.29, 0.717) is 19.3 Å². The fourth-order valence-corrected chi connectivity index (χ4v) is 1.71. The van der Waals surface area contributed by atoms with Crippen LogP contribution in [0.1, 0.15) is 44.2 Å². The maximum atomic E-state index is 12.7. The molecular formula is C14H18FNO3. The molecule has 0 radical (unpaired) electrons. The van der Waals surface area contributed by atoms with Gasteiger partial charge < -0.3 is 10.4 Å². The third kappa shape index (κ3) is 5.99. The fourth-order valence-electron chi connectivity index (χ4n) is 1.71. The lowest BCUT2D eigenvalue weighted by molar-refractivity contribution is -0.137. The quantitative estimate of drug-likeness (QED) is 0.746. The molecule has 0 fully saturated rings. The van der Waals surface area contributed by atoms with Crippen molar-refractivity contribution in [1.82, 2.24) is 5.32 Å². The molecule has 0 aliphatic carbocycles. The molecule has 1 amide bonds. The summed E-state index contributed by atoms with van der Waals surface area (Å²) in [4.78, 5) is 21.9. The molecule has 19 heavy (non-hydrogen) atoms. The van der Waals surface area contributed by atoms with E-state index in [4.69, 9.17) is 5.11 Å². The van der Waals surface area contributed by atoms with E-state index in [9.17, 15) is 14.0 Å². The summed E-state index contributed by atoms with van der Waals surface area (Å²) in [6.45, 7) is 1.82. The van der Waals surface area contributed by atoms with Gasteiger partial charge in [0.2, 0.25) is 5.91 Å². The minimum atomic E-state index is -0.847. The number of aliphatic carboxylic acids is 1. The second-order valence-corrected chi connectivity index (χ2v) is 4.44. The largest absolute Gasteiger partial charge is 0.481 e. The van der Waals surface area contributed by atoms with Crippen molar-refractivity contribution in [2.75, 3.05) is 0 Å². The normalized spacial score (nSPS) is 11.9. The van der Waals surface area contributed by atoms with Crippen LogP contribution >= 0.6 is 0 Å². The predicted octanol–water partition coefficient (Wildman–Crippen LogP) is 2.65. The van der Waals surface area contributed by atoms with Crippen LogP contribution in [-0.2, 0) is 9.59 Å². The summed E-state index contributed by atoms with van der Waals surface area (Å²) in [5, 5.41) is 11.3. The van der Waals surface area contributed by atoms with Crippen molar-refractivity contribution in [2.24, 2.45) is 0 Å². The van der Waals surface area contributed by atoms with E-state index in [1.165, 1.54) is 12.1 Å². The topological polar surface area (TPSA) is 66.4 Å². The molecule has 0 spiro atoms. The predicted molar refractivity (Wildman–Crippen MR) is 69.1 cm³/mol. The molecule has 0 aliphatic rings. The van der Waals surface area contributed by atoms with Gasteiger partial charge in [0, 0.05) is 12.8 Å². The third-order valence-corrected chi connectivity index (χ3v) is 2.79. The van der Waals surface area contributed by atoms with E-state index in [-0.39, 0.29) is 24.2 Å². The highest BCUT2D eigenvalue weighted by Gasteiger charge is 2.09. The van der Waals surface area contributed by atoms with Crippen LogP contribution in [0.2, 0.25) is 0 Å². The summed E-state index contributed by atoms with van der Waals surface area (Å²) in [6, 6.07) is 5.78. The Kier molecular flexibility index (Phi) is 5.99. The van der Waals surface area contributed by atoms with Crippen molar-refractivity contribution in [2.45, 2.75) is 38.6 Å². The summed E-state index contributed by atoms with van der Waals surface area (Å²) < 4.78 is 12.7. The molecule has 1 aromatic carbocycles. The van der Waals surface area contributed by atoms with Gasteiger partial charge in [-0.05, 0) is 37.5 Å². The number of hydrogen-bond acceptors (Lipinski definition) is 2. The molecule has 0 bridgehead atoms. The Morgan fingerprint density at radius 3 is 2.37 bits per heavy atom. The van der Waals surface area contributed by atoms with Gasteiger partial charge in [0.25, 0.3) is 0 Å². The van der Waals surface area contributed by atoms with Gasteiger partial charge in [0.15, 0.2) is 0 Å². The van der Waals surface area contributed by atoms with Crippen molar-refractivity contribution in [3.63, 3.8) is 0 Å². The Hall–Kier alpha value is -1.91. The van der Waals surface area contributed by atoms with Crippen LogP contribution in [0.25, 0.3) is 0 Å². The van der Waals surface area contributed by atoms with Gasteiger partial charge in [-0.15, -0.1) is 0 Å². The van der Waals surface area contributed by atoms with Crippen molar-refractivity contribution < 1.29 is 19.1 Å². The third-order valence-electron chi connectivity index (χ3n) is 2.79. The maximum Gasteiger partial charge on any atom is 0.303 e. The number of amides is 1. The first-order valence-electron chi connectivity index (χ1n) is 6.25. The molecule has 5 heteroatoms. The van der Waals surface area contributed by atoms with Crippen LogP contribution in [0.4, 0.5) is 4.39 Å². The zero-order chi connectivity index (χ0) is 14.3. The maximum absolute atomic E-state index is 12.7. The summed E-state index contributed by atoms with van der Waals surface area (Å²) in [5.41, 5.74) is 0.834. The fraction of sp³-hybridized carbons (Fsp3) is 0.429. The number of unbranched alkanes of at least 4 members (excludes halogenated alkanes) is 1. The van der Waals surface area contributed by atoms with Crippen LogP contribution in [0.5, 0.6) is 0 Å². The van der Waals surface area contributed by atoms with Gasteiger partial charge in [0.05, 0.1) is 6.04 Å². The Balaban J connectivity index is 2.31. The molecule has 0 saturated carbocycles. The average Bonchev–Trinajstić information content (AvgIpc) is 2.35. The second kappa shape index (κ2) is 7.51. The van der Waals surface area contributed by atoms with E-state index < -0.39 is 5.97 Å². The molecule has 1 rings (SSSR count). The van der Waals surface area contributed by atoms with Crippen molar-refractivity contribution >= 4 is 11.9 Å². The molecule has 0 aliphatic heterocycles. The molecule has 0 saturated heterocycles. The number of carboxylic acid groups (broad SMARTS) is 1. The second-order valence-electron chi connectivity index (χ2n) is 4.44. The van der Waals surface area contributed by atoms with Gasteiger partial charge in [0.1, 0.15) is 5.82 Å². The van der Waals surface area contributed by atoms with Crippen molar-refractivity contribution in [3.05, 3.63) is 35.6 Å². The number of carbonyl (C=O) groups is 2. The van der Waals surface area contributed by atoms with E-state index in [0.717, 1.165) is 5.56 Å². The highest BCUT2D eigenvalue weighted by atomic mass is 19.1. The summed E-state index contributed by atoms with van der Waals surface area (Å²) in [6.07, 6.45) is 1.43. The number of hydrogen-bond donors (Lipinski definition) is 2. The van der Waals surface area contributed by atoms with E-state index in [1.807, 2.05) is 6.92 Å². The van der Waals surface area contributed by atoms with Gasteiger partial charge in [-0.25, -0.2) is 4.39 Å². The molecule has 1 aromatic rings. The lowest BCUT2D eigenvalue weighted by Crippen LogP contribution is -2.26. The monoisotopic (exact) mass is 267 g/mol. The Morgan fingerprint density at radius 2 is 1.79 bits per heavy atom. The lowest BCUT2D eigenvalue weighted by Gasteiger charge is -2.14. The zero-order valence-electron chi connectivity index (χ0n) is 10.9. The Morgan fingerprint density at radius 1 is 1.21 bits per heavy atom. The number of halogens is 1. The van der Waals surface area contributed by atoms with Crippen molar-refractivity contribution in [3.8, 4) is 0 Å². The number of carbonyl (C=O) groups excluding carboxylic acids is 1. The minimum Gasteiger partial charge on any atom is -0.481 e. The molecule has 0 unspecified atom stereocenters. The number of carboxylic acids is 1. The van der Waals surface area contributed by atoms with Crippen LogP contribution < -0.4 is 5.32 Å². The van der Waals surface area contributed by atoms with Gasteiger partial charge in [-0.3, -0.25) is 9.59 Å². The first kappa shape index (κ1) is 15.1. The van der Waals surface area contributed by atoms with Gasteiger partial charge >= 0.3 is 5.97 Å². The van der Waals surface area contributed by atoms with Crippen LogP contribution in [0, 0.1) is 5.82 Å². The smallest absolute Gasteiger partial charge is 0.303 e. The molecule has 104 valence electrons. The standard InChI is InChI=1S/C14H18FNO3/c1-10(11-6-8-12(15)9-7-11)16-13(17)4-2-3-5-14(18)19/h6-10H,2-5H2,1H3,(H,16,17)(H,18,19)/t10-/m1/s1. The van der Waals surface area contributed by atoms with Crippen molar-refractivity contribution in [1.29, 1.82) is 0 Å². The molecule has 4 nitrogen and oxygen atoms in total. The summed E-state index contributed by atoms with van der Waals surface area (Å²) in [5.74, 6) is -1.28. The molecule has 1 atom stereocenters. The molecule has 0 aromatic heterocycles. The highest BCUT2D eigenvalue weighted by Crippen LogP contribution is 2.13. The SMILES string of the molecule is C[C@@H](NC(=O)CCCCC(=O)O)c1ccc(F)cc1. The molecule has 2 N–H and O–H groups in total. The number of rotatable bonds is 7. The number of benzene rings is 1.